The van der Waals surface area contributed by atoms with Gasteiger partial charge in [-0.2, -0.15) is 0 Å². The molecule has 0 aromatic heterocycles. The van der Waals surface area contributed by atoms with Crippen molar-refractivity contribution in [3.8, 4) is 28.0 Å². The smallest absolute Gasteiger partial charge is 0.310 e. The van der Waals surface area contributed by atoms with E-state index in [0.29, 0.717) is 6.54 Å². The van der Waals surface area contributed by atoms with Gasteiger partial charge in [0.1, 0.15) is 18.6 Å². The van der Waals surface area contributed by atoms with Crippen LogP contribution in [0.1, 0.15) is 54.2 Å². The summed E-state index contributed by atoms with van der Waals surface area (Å²) in [6.45, 7) is 13.7. The minimum atomic E-state index is -1.11. The number of carbonyl (C=O) groups excluding carboxylic acids is 1. The molecule has 6 heteroatoms. The number of rotatable bonds is 7. The molecule has 1 aliphatic rings. The number of aryl methyl sites for hydroxylation is 2. The van der Waals surface area contributed by atoms with Crippen molar-refractivity contribution in [2.75, 3.05) is 18.6 Å². The highest BCUT2D eigenvalue weighted by Crippen LogP contribution is 2.52. The molecule has 0 saturated heterocycles. The molecule has 202 valence electrons. The Labute approximate surface area is 225 Å². The van der Waals surface area contributed by atoms with Gasteiger partial charge in [0, 0.05) is 17.7 Å². The summed E-state index contributed by atoms with van der Waals surface area (Å²) in [6.07, 6.45) is -0.698. The number of aliphatic hydroxyl groups excluding tert-OH is 1. The minimum absolute atomic E-state index is 0.0463. The third-order valence-corrected chi connectivity index (χ3v) is 7.39. The molecule has 0 aliphatic carbocycles. The van der Waals surface area contributed by atoms with Crippen LogP contribution in [-0.2, 0) is 22.5 Å². The first-order chi connectivity index (χ1) is 17.8. The van der Waals surface area contributed by atoms with Gasteiger partial charge in [-0.3, -0.25) is 4.79 Å². The molecule has 0 amide bonds. The third kappa shape index (κ3) is 5.16. The summed E-state index contributed by atoms with van der Waals surface area (Å²) in [7, 11) is 1.68. The largest absolute Gasteiger partial charge is 0.496 e. The predicted molar refractivity (Wildman–Crippen MR) is 152 cm³/mol. The summed E-state index contributed by atoms with van der Waals surface area (Å²) in [4.78, 5) is 15.1. The number of nitrogens with zero attached hydrogens (tertiary/aromatic N) is 1. The Morgan fingerprint density at radius 3 is 2.24 bits per heavy atom. The monoisotopic (exact) mass is 517 g/mol. The Balaban J connectivity index is 2.05. The molecule has 0 saturated carbocycles. The Morgan fingerprint density at radius 2 is 1.66 bits per heavy atom. The first kappa shape index (κ1) is 27.7. The van der Waals surface area contributed by atoms with E-state index in [-0.39, 0.29) is 13.0 Å². The summed E-state index contributed by atoms with van der Waals surface area (Å²) in [5, 5.41) is 21.0. The Morgan fingerprint density at radius 1 is 1.00 bits per heavy atom. The number of methoxy groups -OCH3 is 1. The SMILES string of the molecule is COc1ccc(C)c2c1-c1c(C)c(-c3ccc(C)cc3)c(CC(=O)OCC(C)(C)O)c(C)c1N([C@@H](C)O)C2. The van der Waals surface area contributed by atoms with Gasteiger partial charge in [0.05, 0.1) is 24.8 Å². The van der Waals surface area contributed by atoms with Crippen molar-refractivity contribution in [1.82, 2.24) is 0 Å². The zero-order chi connectivity index (χ0) is 27.9. The van der Waals surface area contributed by atoms with Crippen LogP contribution < -0.4 is 9.64 Å². The molecule has 38 heavy (non-hydrogen) atoms. The molecule has 0 fully saturated rings. The normalized spacial score (nSPS) is 13.6. The molecule has 0 radical (unpaired) electrons. The lowest BCUT2D eigenvalue weighted by atomic mass is 9.79. The van der Waals surface area contributed by atoms with Crippen LogP contribution >= 0.6 is 0 Å². The van der Waals surface area contributed by atoms with Gasteiger partial charge in [0.25, 0.3) is 0 Å². The molecule has 0 unspecified atom stereocenters. The van der Waals surface area contributed by atoms with Crippen LogP contribution in [0.4, 0.5) is 5.69 Å². The quantitative estimate of drug-likeness (QED) is 0.387. The molecule has 6 nitrogen and oxygen atoms in total. The predicted octanol–water partition coefficient (Wildman–Crippen LogP) is 5.78. The van der Waals surface area contributed by atoms with E-state index in [1.807, 2.05) is 24.8 Å². The number of hydrogen-bond donors (Lipinski definition) is 2. The van der Waals surface area contributed by atoms with E-state index in [9.17, 15) is 15.0 Å². The number of esters is 1. The second kappa shape index (κ2) is 10.4. The number of anilines is 1. The molecular formula is C32H39NO5. The van der Waals surface area contributed by atoms with E-state index < -0.39 is 17.8 Å². The average molecular weight is 518 g/mol. The van der Waals surface area contributed by atoms with Crippen LogP contribution in [0.5, 0.6) is 5.75 Å². The number of fused-ring (bicyclic) bond motifs is 3. The molecule has 1 atom stereocenters. The zero-order valence-electron chi connectivity index (χ0n) is 23.7. The van der Waals surface area contributed by atoms with Gasteiger partial charge in [-0.1, -0.05) is 35.9 Å². The maximum Gasteiger partial charge on any atom is 0.310 e. The van der Waals surface area contributed by atoms with Gasteiger partial charge in [-0.25, -0.2) is 0 Å². The van der Waals surface area contributed by atoms with E-state index in [4.69, 9.17) is 9.47 Å². The van der Waals surface area contributed by atoms with Gasteiger partial charge in [0.2, 0.25) is 0 Å². The highest BCUT2D eigenvalue weighted by atomic mass is 16.5. The average Bonchev–Trinajstić information content (AvgIpc) is 2.85. The minimum Gasteiger partial charge on any atom is -0.496 e. The van der Waals surface area contributed by atoms with Crippen molar-refractivity contribution in [3.05, 3.63) is 69.8 Å². The van der Waals surface area contributed by atoms with Crippen molar-refractivity contribution in [3.63, 3.8) is 0 Å². The molecule has 1 heterocycles. The Bertz CT molecular complexity index is 1370. The van der Waals surface area contributed by atoms with Gasteiger partial charge in [-0.05, 0) is 93.5 Å². The van der Waals surface area contributed by atoms with Crippen molar-refractivity contribution in [2.45, 2.75) is 73.3 Å². The van der Waals surface area contributed by atoms with E-state index in [2.05, 4.69) is 44.2 Å². The van der Waals surface area contributed by atoms with Gasteiger partial charge in [0.15, 0.2) is 0 Å². The summed E-state index contributed by atoms with van der Waals surface area (Å²) >= 11 is 0. The fraction of sp³-hybridized carbons (Fsp3) is 0.406. The molecule has 4 rings (SSSR count). The Hall–Kier alpha value is -3.35. The van der Waals surface area contributed by atoms with Crippen LogP contribution in [0, 0.1) is 27.7 Å². The lowest BCUT2D eigenvalue weighted by Crippen LogP contribution is -2.36. The summed E-state index contributed by atoms with van der Waals surface area (Å²) < 4.78 is 11.3. The number of benzene rings is 3. The second-order valence-electron chi connectivity index (χ2n) is 11.0. The second-order valence-corrected chi connectivity index (χ2v) is 11.0. The van der Waals surface area contributed by atoms with E-state index in [1.165, 1.54) is 0 Å². The van der Waals surface area contributed by atoms with Gasteiger partial charge < -0.3 is 24.6 Å². The van der Waals surface area contributed by atoms with Crippen molar-refractivity contribution in [1.29, 1.82) is 0 Å². The maximum atomic E-state index is 13.1. The van der Waals surface area contributed by atoms with Crippen molar-refractivity contribution >= 4 is 11.7 Å². The van der Waals surface area contributed by atoms with Crippen LogP contribution in [-0.4, -0.2) is 41.7 Å². The topological polar surface area (TPSA) is 79.2 Å². The standard InChI is InChI=1S/C32H39NO5/c1-18-9-12-23(13-10-18)28-21(4)29-30-25(19(2)11-14-26(30)37-8)16-33(22(5)34)31(29)20(3)24(28)15-27(35)38-17-32(6,7)36/h9-14,22,34,36H,15-17H2,1-8H3/t22-/m1/s1. The van der Waals surface area contributed by atoms with E-state index in [0.717, 1.165) is 67.1 Å². The molecule has 0 spiro atoms. The fourth-order valence-electron chi connectivity index (χ4n) is 5.44. The summed E-state index contributed by atoms with van der Waals surface area (Å²) in [5.74, 6) is 0.378. The lowest BCUT2D eigenvalue weighted by Gasteiger charge is -2.39. The highest BCUT2D eigenvalue weighted by Gasteiger charge is 2.34. The first-order valence-electron chi connectivity index (χ1n) is 13.1. The van der Waals surface area contributed by atoms with Gasteiger partial charge in [-0.15, -0.1) is 0 Å². The lowest BCUT2D eigenvalue weighted by molar-refractivity contribution is -0.149. The van der Waals surface area contributed by atoms with Crippen LogP contribution in [0.15, 0.2) is 36.4 Å². The third-order valence-electron chi connectivity index (χ3n) is 7.39. The van der Waals surface area contributed by atoms with Crippen LogP contribution in [0.3, 0.4) is 0 Å². The fourth-order valence-corrected chi connectivity index (χ4v) is 5.44. The molecular weight excluding hydrogens is 478 g/mol. The van der Waals surface area contributed by atoms with Crippen LogP contribution in [0.2, 0.25) is 0 Å². The number of carbonyl (C=O) groups is 1. The number of ether oxygens (including phenoxy) is 2. The summed E-state index contributed by atoms with van der Waals surface area (Å²) in [6, 6.07) is 12.4. The first-order valence-corrected chi connectivity index (χ1v) is 13.1. The van der Waals surface area contributed by atoms with Gasteiger partial charge >= 0.3 is 5.97 Å². The number of hydrogen-bond acceptors (Lipinski definition) is 6. The maximum absolute atomic E-state index is 13.1. The molecule has 0 bridgehead atoms. The Kier molecular flexibility index (Phi) is 7.60. The summed E-state index contributed by atoms with van der Waals surface area (Å²) in [5.41, 5.74) is 9.98. The van der Waals surface area contributed by atoms with Crippen molar-refractivity contribution < 1.29 is 24.5 Å². The highest BCUT2D eigenvalue weighted by molar-refractivity contribution is 5.98. The molecule has 3 aromatic rings. The zero-order valence-corrected chi connectivity index (χ0v) is 23.7. The van der Waals surface area contributed by atoms with Crippen molar-refractivity contribution in [2.24, 2.45) is 0 Å². The van der Waals surface area contributed by atoms with E-state index >= 15 is 0 Å². The van der Waals surface area contributed by atoms with E-state index in [1.54, 1.807) is 27.9 Å². The molecule has 3 aromatic carbocycles. The molecule has 1 aliphatic heterocycles. The van der Waals surface area contributed by atoms with Crippen LogP contribution in [0.25, 0.3) is 22.3 Å². The number of aliphatic hydroxyl groups is 2. The molecule has 2 N–H and O–H groups in total.